The smallest absolute Gasteiger partial charge is 0.405 e. The first kappa shape index (κ1) is 7.94. The third-order valence-electron chi connectivity index (χ3n) is 0.913. The van der Waals surface area contributed by atoms with E-state index in [-0.39, 0.29) is 0 Å². The molecule has 1 amide bonds. The molecule has 0 bridgehead atoms. The van der Waals surface area contributed by atoms with Gasteiger partial charge in [0.15, 0.2) is 0 Å². The minimum Gasteiger partial charge on any atom is -0.465 e. The van der Waals surface area contributed by atoms with Crippen molar-refractivity contribution in [3.63, 3.8) is 0 Å². The van der Waals surface area contributed by atoms with Crippen LogP contribution < -0.4 is 5.32 Å². The Kier molecular flexibility index (Phi) is 3.43. The fraction of sp³-hybridized carbons (Fsp3) is 0.600. The van der Waals surface area contributed by atoms with Gasteiger partial charge in [0.1, 0.15) is 6.29 Å². The van der Waals surface area contributed by atoms with Gasteiger partial charge in [0, 0.05) is 0 Å². The molecule has 0 rings (SSSR count). The average molecular weight is 131 g/mol. The number of aldehydes is 1. The molecule has 0 aromatic carbocycles. The van der Waals surface area contributed by atoms with Crippen LogP contribution in [0.15, 0.2) is 0 Å². The topological polar surface area (TPSA) is 66.4 Å². The van der Waals surface area contributed by atoms with E-state index < -0.39 is 12.1 Å². The van der Waals surface area contributed by atoms with Crippen LogP contribution in [-0.4, -0.2) is 23.5 Å². The fourth-order valence-corrected chi connectivity index (χ4v) is 0.391. The summed E-state index contributed by atoms with van der Waals surface area (Å²) < 4.78 is 0. The zero-order valence-corrected chi connectivity index (χ0v) is 5.13. The molecule has 4 heteroatoms. The maximum atomic E-state index is 9.95. The van der Waals surface area contributed by atoms with Crippen LogP contribution in [0.4, 0.5) is 4.79 Å². The second-order valence-electron chi connectivity index (χ2n) is 1.60. The summed E-state index contributed by atoms with van der Waals surface area (Å²) in [6, 6.07) is -0.553. The number of carboxylic acid groups (broad SMARTS) is 1. The number of nitrogens with one attached hydrogen (secondary N) is 1. The normalized spacial score (nSPS) is 12.1. The van der Waals surface area contributed by atoms with E-state index in [4.69, 9.17) is 5.11 Å². The summed E-state index contributed by atoms with van der Waals surface area (Å²) in [7, 11) is 0. The largest absolute Gasteiger partial charge is 0.465 e. The molecule has 0 aromatic heterocycles. The molecule has 0 heterocycles. The Morgan fingerprint density at radius 3 is 2.56 bits per heavy atom. The van der Waals surface area contributed by atoms with Gasteiger partial charge in [0.25, 0.3) is 0 Å². The summed E-state index contributed by atoms with van der Waals surface area (Å²) in [4.78, 5) is 19.8. The lowest BCUT2D eigenvalue weighted by Crippen LogP contribution is -2.33. The molecule has 0 spiro atoms. The van der Waals surface area contributed by atoms with E-state index in [1.165, 1.54) is 0 Å². The minimum atomic E-state index is -1.16. The van der Waals surface area contributed by atoms with Gasteiger partial charge >= 0.3 is 6.09 Å². The van der Waals surface area contributed by atoms with Crippen molar-refractivity contribution >= 4 is 12.4 Å². The van der Waals surface area contributed by atoms with Gasteiger partial charge < -0.3 is 15.2 Å². The first-order valence-corrected chi connectivity index (χ1v) is 2.65. The molecule has 0 aliphatic rings. The highest BCUT2D eigenvalue weighted by Gasteiger charge is 2.04. The van der Waals surface area contributed by atoms with Gasteiger partial charge in [-0.05, 0) is 6.42 Å². The van der Waals surface area contributed by atoms with Crippen LogP contribution in [0.1, 0.15) is 13.3 Å². The Morgan fingerprint density at radius 1 is 1.89 bits per heavy atom. The minimum absolute atomic E-state index is 0.496. The van der Waals surface area contributed by atoms with Gasteiger partial charge in [0.2, 0.25) is 0 Å². The Hall–Kier alpha value is -1.06. The van der Waals surface area contributed by atoms with Gasteiger partial charge in [-0.3, -0.25) is 0 Å². The maximum absolute atomic E-state index is 9.95. The van der Waals surface area contributed by atoms with E-state index in [0.717, 1.165) is 0 Å². The second-order valence-corrected chi connectivity index (χ2v) is 1.60. The summed E-state index contributed by atoms with van der Waals surface area (Å²) in [5, 5.41) is 10.1. The molecular weight excluding hydrogens is 122 g/mol. The number of carbonyl (C=O) groups excluding carboxylic acids is 1. The van der Waals surface area contributed by atoms with Crippen molar-refractivity contribution in [2.24, 2.45) is 0 Å². The van der Waals surface area contributed by atoms with E-state index in [9.17, 15) is 9.59 Å². The number of hydrogen-bond acceptors (Lipinski definition) is 2. The lowest BCUT2D eigenvalue weighted by Gasteiger charge is -2.04. The standard InChI is InChI=1S/C5H9NO3/c1-2-4(3-7)6-5(8)9/h3-4,6H,2H2,1H3,(H,8,9)/t4-/m0/s1. The Bertz CT molecular complexity index is 113. The predicted octanol–water partition coefficient (Wildman–Crippen LogP) is 0.232. The number of carbonyl (C=O) groups is 2. The number of amides is 1. The Balaban J connectivity index is 3.55. The van der Waals surface area contributed by atoms with Crippen LogP contribution in [0, 0.1) is 0 Å². The van der Waals surface area contributed by atoms with Gasteiger partial charge in [-0.2, -0.15) is 0 Å². The van der Waals surface area contributed by atoms with Crippen molar-refractivity contribution in [3.05, 3.63) is 0 Å². The van der Waals surface area contributed by atoms with E-state index >= 15 is 0 Å². The molecule has 0 fully saturated rings. The molecule has 0 saturated heterocycles. The van der Waals surface area contributed by atoms with E-state index in [1.807, 2.05) is 5.32 Å². The molecule has 0 unspecified atom stereocenters. The van der Waals surface area contributed by atoms with E-state index in [2.05, 4.69) is 0 Å². The van der Waals surface area contributed by atoms with E-state index in [0.29, 0.717) is 12.7 Å². The summed E-state index contributed by atoms with van der Waals surface area (Å²) in [5.74, 6) is 0. The van der Waals surface area contributed by atoms with Gasteiger partial charge in [0.05, 0.1) is 6.04 Å². The van der Waals surface area contributed by atoms with Crippen molar-refractivity contribution in [2.75, 3.05) is 0 Å². The number of hydrogen-bond donors (Lipinski definition) is 2. The first-order chi connectivity index (χ1) is 4.20. The predicted molar refractivity (Wildman–Crippen MR) is 31.3 cm³/mol. The quantitative estimate of drug-likeness (QED) is 0.539. The van der Waals surface area contributed by atoms with Crippen LogP contribution in [-0.2, 0) is 4.79 Å². The third kappa shape index (κ3) is 3.52. The molecule has 4 nitrogen and oxygen atoms in total. The molecule has 52 valence electrons. The highest BCUT2D eigenvalue weighted by atomic mass is 16.4. The summed E-state index contributed by atoms with van der Waals surface area (Å²) in [5.41, 5.74) is 0. The van der Waals surface area contributed by atoms with Crippen LogP contribution in [0.3, 0.4) is 0 Å². The van der Waals surface area contributed by atoms with Crippen LogP contribution in [0.5, 0.6) is 0 Å². The molecule has 0 aromatic rings. The second kappa shape index (κ2) is 3.88. The van der Waals surface area contributed by atoms with Crippen LogP contribution in [0.2, 0.25) is 0 Å². The van der Waals surface area contributed by atoms with Gasteiger partial charge in [-0.15, -0.1) is 0 Å². The zero-order chi connectivity index (χ0) is 7.28. The van der Waals surface area contributed by atoms with Crippen molar-refractivity contribution in [2.45, 2.75) is 19.4 Å². The molecule has 0 saturated carbocycles. The van der Waals surface area contributed by atoms with Crippen LogP contribution >= 0.6 is 0 Å². The monoisotopic (exact) mass is 131 g/mol. The highest BCUT2D eigenvalue weighted by molar-refractivity contribution is 5.71. The molecule has 0 radical (unpaired) electrons. The van der Waals surface area contributed by atoms with Crippen molar-refractivity contribution < 1.29 is 14.7 Å². The number of rotatable bonds is 3. The first-order valence-electron chi connectivity index (χ1n) is 2.65. The molecule has 0 aliphatic heterocycles. The van der Waals surface area contributed by atoms with Crippen molar-refractivity contribution in [3.8, 4) is 0 Å². The lowest BCUT2D eigenvalue weighted by atomic mass is 10.3. The van der Waals surface area contributed by atoms with Gasteiger partial charge in [-0.25, -0.2) is 4.79 Å². The maximum Gasteiger partial charge on any atom is 0.405 e. The van der Waals surface area contributed by atoms with Crippen LogP contribution in [0.25, 0.3) is 0 Å². The molecule has 9 heavy (non-hydrogen) atoms. The summed E-state index contributed by atoms with van der Waals surface area (Å²) >= 11 is 0. The SMILES string of the molecule is CC[C@@H](C=O)NC(=O)O. The lowest BCUT2D eigenvalue weighted by molar-refractivity contribution is -0.109. The average Bonchev–Trinajstić information content (AvgIpc) is 1.82. The Morgan fingerprint density at radius 2 is 2.44 bits per heavy atom. The zero-order valence-electron chi connectivity index (χ0n) is 5.13. The summed E-state index contributed by atoms with van der Waals surface area (Å²) in [6.45, 7) is 1.73. The Labute approximate surface area is 52.9 Å². The van der Waals surface area contributed by atoms with E-state index in [1.54, 1.807) is 6.92 Å². The van der Waals surface area contributed by atoms with Gasteiger partial charge in [-0.1, -0.05) is 6.92 Å². The fourth-order valence-electron chi connectivity index (χ4n) is 0.391. The van der Waals surface area contributed by atoms with Crippen molar-refractivity contribution in [1.82, 2.24) is 5.32 Å². The third-order valence-corrected chi connectivity index (χ3v) is 0.913. The molecular formula is C5H9NO3. The molecule has 1 atom stereocenters. The molecule has 2 N–H and O–H groups in total. The highest BCUT2D eigenvalue weighted by Crippen LogP contribution is 1.83. The van der Waals surface area contributed by atoms with Crippen molar-refractivity contribution in [1.29, 1.82) is 0 Å². The summed E-state index contributed by atoms with van der Waals surface area (Å²) in [6.07, 6.45) is -0.0850. The molecule has 0 aliphatic carbocycles.